The number of benzene rings is 1. The Morgan fingerprint density at radius 3 is 2.37 bits per heavy atom. The van der Waals surface area contributed by atoms with Crippen LogP contribution in [0.1, 0.15) is 23.1 Å². The van der Waals surface area contributed by atoms with Crippen molar-refractivity contribution in [3.05, 3.63) is 33.7 Å². The van der Waals surface area contributed by atoms with Gasteiger partial charge in [0.2, 0.25) is 0 Å². The molecule has 2 heterocycles. The zero-order valence-electron chi connectivity index (χ0n) is 10.7. The van der Waals surface area contributed by atoms with E-state index >= 15 is 0 Å². The van der Waals surface area contributed by atoms with Gasteiger partial charge >= 0.3 is 0 Å². The van der Waals surface area contributed by atoms with Crippen LogP contribution < -0.4 is 5.73 Å². The first kappa shape index (κ1) is 12.7. The molecule has 0 spiro atoms. The summed E-state index contributed by atoms with van der Waals surface area (Å²) in [5, 5.41) is 11.2. The molecule has 0 radical (unpaired) electrons. The van der Waals surface area contributed by atoms with Crippen LogP contribution in [0.3, 0.4) is 0 Å². The minimum Gasteiger partial charge on any atom is -0.461 e. The summed E-state index contributed by atoms with van der Waals surface area (Å²) in [6, 6.07) is 3.35. The lowest BCUT2D eigenvalue weighted by molar-refractivity contribution is 0.268. The highest BCUT2D eigenvalue weighted by atomic mass is 79.9. The van der Waals surface area contributed by atoms with Crippen molar-refractivity contribution in [2.75, 3.05) is 6.61 Å². The van der Waals surface area contributed by atoms with E-state index in [-0.39, 0.29) is 6.61 Å². The van der Waals surface area contributed by atoms with E-state index in [4.69, 9.17) is 14.6 Å². The predicted molar refractivity (Wildman–Crippen MR) is 77.2 cm³/mol. The lowest BCUT2D eigenvalue weighted by Crippen LogP contribution is -2.15. The van der Waals surface area contributed by atoms with E-state index in [0.717, 1.165) is 37.9 Å². The van der Waals surface area contributed by atoms with E-state index in [1.54, 1.807) is 0 Å². The van der Waals surface area contributed by atoms with E-state index in [1.165, 1.54) is 0 Å². The molecule has 3 aromatic rings. The van der Waals surface area contributed by atoms with Crippen molar-refractivity contribution in [1.29, 1.82) is 0 Å². The number of hydrogen-bond acceptors (Lipinski definition) is 4. The number of hydrogen-bond donors (Lipinski definition) is 2. The molecule has 0 fully saturated rings. The van der Waals surface area contributed by atoms with Gasteiger partial charge in [0.15, 0.2) is 0 Å². The summed E-state index contributed by atoms with van der Waals surface area (Å²) < 4.78 is 12.3. The average Bonchev–Trinajstić information content (AvgIpc) is 2.92. The predicted octanol–water partition coefficient (Wildman–Crippen LogP) is 3.55. The van der Waals surface area contributed by atoms with Crippen LogP contribution in [-0.4, -0.2) is 11.7 Å². The molecule has 1 aromatic carbocycles. The number of nitrogens with two attached hydrogens (primary N) is 1. The van der Waals surface area contributed by atoms with Gasteiger partial charge in [-0.15, -0.1) is 0 Å². The number of halogens is 1. The van der Waals surface area contributed by atoms with E-state index in [0.29, 0.717) is 5.58 Å². The van der Waals surface area contributed by atoms with Crippen LogP contribution in [0.2, 0.25) is 0 Å². The van der Waals surface area contributed by atoms with Gasteiger partial charge in [-0.3, -0.25) is 0 Å². The summed E-state index contributed by atoms with van der Waals surface area (Å²) in [7, 11) is 0. The molecule has 0 aliphatic rings. The monoisotopic (exact) mass is 323 g/mol. The van der Waals surface area contributed by atoms with Crippen LogP contribution in [0.15, 0.2) is 25.4 Å². The van der Waals surface area contributed by atoms with E-state index in [2.05, 4.69) is 15.9 Å². The summed E-state index contributed by atoms with van der Waals surface area (Å²) in [6.45, 7) is 3.62. The fraction of sp³-hybridized carbons (Fsp3) is 0.286. The Balaban J connectivity index is 2.54. The Morgan fingerprint density at radius 1 is 1.16 bits per heavy atom. The lowest BCUT2D eigenvalue weighted by Gasteiger charge is -2.11. The maximum atomic E-state index is 9.38. The van der Waals surface area contributed by atoms with Gasteiger partial charge in [0.1, 0.15) is 22.7 Å². The molecule has 1 unspecified atom stereocenters. The average molecular weight is 324 g/mol. The smallest absolute Gasteiger partial charge is 0.149 e. The first-order valence-corrected chi connectivity index (χ1v) is 6.80. The van der Waals surface area contributed by atoms with Crippen molar-refractivity contribution >= 4 is 37.9 Å². The number of furan rings is 2. The van der Waals surface area contributed by atoms with Gasteiger partial charge in [-0.25, -0.2) is 0 Å². The maximum absolute atomic E-state index is 9.38. The Morgan fingerprint density at radius 2 is 1.74 bits per heavy atom. The second kappa shape index (κ2) is 4.37. The second-order valence-electron chi connectivity index (χ2n) is 4.72. The van der Waals surface area contributed by atoms with E-state index in [9.17, 15) is 5.11 Å². The van der Waals surface area contributed by atoms with Gasteiger partial charge < -0.3 is 19.7 Å². The van der Waals surface area contributed by atoms with Crippen molar-refractivity contribution in [2.24, 2.45) is 5.73 Å². The molecule has 3 rings (SSSR count). The van der Waals surface area contributed by atoms with Crippen molar-refractivity contribution in [2.45, 2.75) is 19.9 Å². The number of rotatable bonds is 2. The van der Waals surface area contributed by atoms with Crippen LogP contribution in [0, 0.1) is 13.8 Å². The van der Waals surface area contributed by atoms with E-state index in [1.807, 2.05) is 26.0 Å². The Labute approximate surface area is 118 Å². The normalized spacial score (nSPS) is 13.5. The molecule has 2 aromatic heterocycles. The van der Waals surface area contributed by atoms with E-state index < -0.39 is 6.04 Å². The van der Waals surface area contributed by atoms with Crippen molar-refractivity contribution < 1.29 is 13.9 Å². The third kappa shape index (κ3) is 1.81. The van der Waals surface area contributed by atoms with Crippen LogP contribution in [-0.2, 0) is 0 Å². The first-order chi connectivity index (χ1) is 9.02. The summed E-state index contributed by atoms with van der Waals surface area (Å²) in [4.78, 5) is 0. The zero-order chi connectivity index (χ0) is 13.7. The van der Waals surface area contributed by atoms with Crippen LogP contribution >= 0.6 is 15.9 Å². The highest BCUT2D eigenvalue weighted by Crippen LogP contribution is 2.41. The number of aryl methyl sites for hydroxylation is 2. The van der Waals surface area contributed by atoms with Gasteiger partial charge in [-0.05, 0) is 41.9 Å². The third-order valence-electron chi connectivity index (χ3n) is 3.25. The zero-order valence-corrected chi connectivity index (χ0v) is 12.2. The molecule has 1 atom stereocenters. The van der Waals surface area contributed by atoms with Crippen molar-refractivity contribution in [3.63, 3.8) is 0 Å². The number of fused-ring (bicyclic) bond motifs is 2. The molecule has 0 saturated heterocycles. The topological polar surface area (TPSA) is 72.5 Å². The molecule has 100 valence electrons. The first-order valence-electron chi connectivity index (χ1n) is 6.01. The van der Waals surface area contributed by atoms with Gasteiger partial charge in [-0.2, -0.15) is 0 Å². The summed E-state index contributed by atoms with van der Waals surface area (Å²) in [6.07, 6.45) is 0. The van der Waals surface area contributed by atoms with Gasteiger partial charge in [0, 0.05) is 16.3 Å². The molecule has 3 N–H and O–H groups in total. The molecule has 0 bridgehead atoms. The molecule has 0 amide bonds. The quantitative estimate of drug-likeness (QED) is 0.756. The van der Waals surface area contributed by atoms with Gasteiger partial charge in [0.05, 0.1) is 17.1 Å². The molecule has 19 heavy (non-hydrogen) atoms. The summed E-state index contributed by atoms with van der Waals surface area (Å²) in [5.41, 5.74) is 8.27. The third-order valence-corrected chi connectivity index (χ3v) is 4.04. The minimum absolute atomic E-state index is 0.143. The molecule has 0 aliphatic heterocycles. The van der Waals surface area contributed by atoms with Crippen molar-refractivity contribution in [1.82, 2.24) is 0 Å². The number of aliphatic hydroxyl groups is 1. The molecule has 4 nitrogen and oxygen atoms in total. The van der Waals surface area contributed by atoms with Crippen LogP contribution in [0.5, 0.6) is 0 Å². The number of aliphatic hydroxyl groups excluding tert-OH is 1. The molecule has 0 saturated carbocycles. The molecular weight excluding hydrogens is 310 g/mol. The Bertz CT molecular complexity index is 714. The minimum atomic E-state index is -0.499. The van der Waals surface area contributed by atoms with Crippen LogP contribution in [0.25, 0.3) is 21.9 Å². The SMILES string of the molecule is Cc1cc2c(C(N)CO)c3oc(C)cc3c(Br)c2o1. The Kier molecular flexibility index (Phi) is 2.92. The summed E-state index contributed by atoms with van der Waals surface area (Å²) >= 11 is 3.56. The largest absolute Gasteiger partial charge is 0.461 e. The fourth-order valence-electron chi connectivity index (χ4n) is 2.46. The second-order valence-corrected chi connectivity index (χ2v) is 5.51. The maximum Gasteiger partial charge on any atom is 0.149 e. The molecular formula is C14H14BrNO3. The Hall–Kier alpha value is -1.30. The highest BCUT2D eigenvalue weighted by molar-refractivity contribution is 9.10. The molecule has 0 aliphatic carbocycles. The highest BCUT2D eigenvalue weighted by Gasteiger charge is 2.22. The summed E-state index contributed by atoms with van der Waals surface area (Å²) in [5.74, 6) is 1.60. The lowest BCUT2D eigenvalue weighted by atomic mass is 10.0. The molecule has 5 heteroatoms. The van der Waals surface area contributed by atoms with Gasteiger partial charge in [0.25, 0.3) is 0 Å². The fourth-order valence-corrected chi connectivity index (χ4v) is 3.05. The van der Waals surface area contributed by atoms with Crippen molar-refractivity contribution in [3.8, 4) is 0 Å². The standard InChI is InChI=1S/C14H14BrNO3/c1-6-3-8-11(10(16)5-17)13-9(4-7(2)18-13)12(15)14(8)19-6/h3-4,10,17H,5,16H2,1-2H3. The van der Waals surface area contributed by atoms with Gasteiger partial charge in [-0.1, -0.05) is 0 Å². The van der Waals surface area contributed by atoms with Crippen LogP contribution in [0.4, 0.5) is 0 Å².